The van der Waals surface area contributed by atoms with Crippen LogP contribution < -0.4 is 5.73 Å². The minimum Gasteiger partial charge on any atom is -0.393 e. The summed E-state index contributed by atoms with van der Waals surface area (Å²) in [6.07, 6.45) is 5.19. The molecule has 2 aliphatic rings. The minimum absolute atomic E-state index is 0.134. The first-order chi connectivity index (χ1) is 6.60. The predicted molar refractivity (Wildman–Crippen MR) is 63.3 cm³/mol. The van der Waals surface area contributed by atoms with E-state index in [1.807, 2.05) is 0 Å². The Balaban J connectivity index is 1.81. The van der Waals surface area contributed by atoms with Crippen molar-refractivity contribution < 1.29 is 0 Å². The van der Waals surface area contributed by atoms with E-state index in [1.54, 1.807) is 0 Å². The Labute approximate surface area is 91.8 Å². The fourth-order valence-electron chi connectivity index (χ4n) is 2.14. The lowest BCUT2D eigenvalue weighted by Crippen LogP contribution is -2.45. The molecule has 0 aromatic heterocycles. The summed E-state index contributed by atoms with van der Waals surface area (Å²) in [5.41, 5.74) is 5.91. The van der Waals surface area contributed by atoms with Crippen molar-refractivity contribution >= 4 is 17.2 Å². The molecule has 2 N–H and O–H groups in total. The van der Waals surface area contributed by atoms with Crippen molar-refractivity contribution in [2.24, 2.45) is 17.1 Å². The normalized spacial score (nSPS) is 27.5. The number of thiocarbonyl (C=S) groups is 1. The zero-order valence-electron chi connectivity index (χ0n) is 8.96. The maximum atomic E-state index is 5.77. The molecule has 1 aliphatic carbocycles. The number of piperidine rings is 1. The van der Waals surface area contributed by atoms with Crippen LogP contribution in [0.15, 0.2) is 0 Å². The Morgan fingerprint density at radius 3 is 2.43 bits per heavy atom. The van der Waals surface area contributed by atoms with Crippen molar-refractivity contribution in [1.82, 2.24) is 4.90 Å². The minimum atomic E-state index is 0.134. The Morgan fingerprint density at radius 2 is 2.00 bits per heavy atom. The molecule has 0 radical (unpaired) electrons. The van der Waals surface area contributed by atoms with Gasteiger partial charge in [-0.3, -0.25) is 0 Å². The van der Waals surface area contributed by atoms with E-state index in [1.165, 1.54) is 32.5 Å². The predicted octanol–water partition coefficient (Wildman–Crippen LogP) is 1.78. The van der Waals surface area contributed by atoms with E-state index in [0.717, 1.165) is 18.8 Å². The van der Waals surface area contributed by atoms with Crippen LogP contribution in [-0.2, 0) is 0 Å². The van der Waals surface area contributed by atoms with E-state index in [9.17, 15) is 0 Å². The highest BCUT2D eigenvalue weighted by molar-refractivity contribution is 7.80. The molecule has 0 aromatic rings. The fraction of sp³-hybridized carbons (Fsp3) is 0.909. The average Bonchev–Trinajstić information content (AvgIpc) is 2.93. The van der Waals surface area contributed by atoms with E-state index >= 15 is 0 Å². The van der Waals surface area contributed by atoms with Gasteiger partial charge in [-0.25, -0.2) is 0 Å². The summed E-state index contributed by atoms with van der Waals surface area (Å²) in [5, 5.41) is 0. The Kier molecular flexibility index (Phi) is 2.80. The molecular formula is C11H20N2S. The maximum absolute atomic E-state index is 5.77. The standard InChI is InChI=1S/C11H20N2S/c1-11(10(12)14)4-6-13(7-5-11)8-9-2-3-9/h9H,2-8H2,1H3,(H2,12,14). The molecule has 1 saturated carbocycles. The lowest BCUT2D eigenvalue weighted by Gasteiger charge is -2.38. The molecule has 2 fully saturated rings. The van der Waals surface area contributed by atoms with Gasteiger partial charge in [0.05, 0.1) is 4.99 Å². The summed E-state index contributed by atoms with van der Waals surface area (Å²) in [4.78, 5) is 3.29. The van der Waals surface area contributed by atoms with Gasteiger partial charge in [0.1, 0.15) is 0 Å². The molecule has 0 atom stereocenters. The van der Waals surface area contributed by atoms with Gasteiger partial charge >= 0.3 is 0 Å². The Bertz CT molecular complexity index is 227. The molecule has 0 unspecified atom stereocenters. The van der Waals surface area contributed by atoms with Crippen molar-refractivity contribution in [2.45, 2.75) is 32.6 Å². The Hall–Kier alpha value is -0.150. The van der Waals surface area contributed by atoms with Crippen LogP contribution in [-0.4, -0.2) is 29.5 Å². The van der Waals surface area contributed by atoms with E-state index in [2.05, 4.69) is 11.8 Å². The molecule has 1 heterocycles. The summed E-state index contributed by atoms with van der Waals surface area (Å²) in [5.74, 6) is 1.00. The van der Waals surface area contributed by atoms with Crippen molar-refractivity contribution in [3.8, 4) is 0 Å². The van der Waals surface area contributed by atoms with E-state index < -0.39 is 0 Å². The number of hydrogen-bond acceptors (Lipinski definition) is 2. The molecule has 80 valence electrons. The van der Waals surface area contributed by atoms with Crippen LogP contribution in [0.25, 0.3) is 0 Å². The monoisotopic (exact) mass is 212 g/mol. The molecule has 0 spiro atoms. The van der Waals surface area contributed by atoms with Crippen LogP contribution in [0.3, 0.4) is 0 Å². The van der Waals surface area contributed by atoms with Gasteiger partial charge in [0.25, 0.3) is 0 Å². The van der Waals surface area contributed by atoms with Gasteiger partial charge in [-0.1, -0.05) is 19.1 Å². The molecule has 14 heavy (non-hydrogen) atoms. The number of rotatable bonds is 3. The first-order valence-corrected chi connectivity index (χ1v) is 6.03. The van der Waals surface area contributed by atoms with Gasteiger partial charge in [-0.05, 0) is 44.7 Å². The molecule has 1 saturated heterocycles. The van der Waals surface area contributed by atoms with Crippen LogP contribution in [0.2, 0.25) is 0 Å². The zero-order chi connectivity index (χ0) is 10.2. The largest absolute Gasteiger partial charge is 0.393 e. The summed E-state index contributed by atoms with van der Waals surface area (Å²) in [6, 6.07) is 0. The number of nitrogens with two attached hydrogens (primary N) is 1. The highest BCUT2D eigenvalue weighted by Gasteiger charge is 2.34. The SMILES string of the molecule is CC1(C(N)=S)CCN(CC2CC2)CC1. The van der Waals surface area contributed by atoms with Crippen molar-refractivity contribution in [2.75, 3.05) is 19.6 Å². The zero-order valence-corrected chi connectivity index (χ0v) is 9.78. The first kappa shape index (κ1) is 10.4. The lowest BCUT2D eigenvalue weighted by molar-refractivity contribution is 0.159. The first-order valence-electron chi connectivity index (χ1n) is 5.62. The van der Waals surface area contributed by atoms with Gasteiger partial charge in [-0.15, -0.1) is 0 Å². The van der Waals surface area contributed by atoms with Gasteiger partial charge in [0, 0.05) is 12.0 Å². The molecule has 2 nitrogen and oxygen atoms in total. The summed E-state index contributed by atoms with van der Waals surface area (Å²) in [6.45, 7) is 5.89. The van der Waals surface area contributed by atoms with Crippen LogP contribution in [0, 0.1) is 11.3 Å². The van der Waals surface area contributed by atoms with Gasteiger partial charge < -0.3 is 10.6 Å². The van der Waals surface area contributed by atoms with Crippen LogP contribution in [0.5, 0.6) is 0 Å². The van der Waals surface area contributed by atoms with Crippen molar-refractivity contribution in [3.63, 3.8) is 0 Å². The van der Waals surface area contributed by atoms with Crippen molar-refractivity contribution in [1.29, 1.82) is 0 Å². The third-order valence-electron chi connectivity index (χ3n) is 3.77. The van der Waals surface area contributed by atoms with Crippen LogP contribution in [0.4, 0.5) is 0 Å². The third kappa shape index (κ3) is 2.26. The smallest absolute Gasteiger partial charge is 0.0788 e. The number of nitrogens with zero attached hydrogens (tertiary/aromatic N) is 1. The van der Waals surface area contributed by atoms with E-state index in [0.29, 0.717) is 4.99 Å². The second-order valence-electron chi connectivity index (χ2n) is 5.17. The van der Waals surface area contributed by atoms with Gasteiger partial charge in [0.2, 0.25) is 0 Å². The molecule has 2 rings (SSSR count). The highest BCUT2D eigenvalue weighted by atomic mass is 32.1. The molecule has 3 heteroatoms. The van der Waals surface area contributed by atoms with Crippen molar-refractivity contribution in [3.05, 3.63) is 0 Å². The molecule has 0 aromatic carbocycles. The quantitative estimate of drug-likeness (QED) is 0.723. The number of likely N-dealkylation sites (tertiary alicyclic amines) is 1. The third-order valence-corrected chi connectivity index (χ3v) is 4.26. The molecular weight excluding hydrogens is 192 g/mol. The molecule has 0 bridgehead atoms. The number of hydrogen-bond donors (Lipinski definition) is 1. The summed E-state index contributed by atoms with van der Waals surface area (Å²) >= 11 is 5.13. The van der Waals surface area contributed by atoms with Gasteiger partial charge in [-0.2, -0.15) is 0 Å². The second-order valence-corrected chi connectivity index (χ2v) is 5.61. The molecule has 0 amide bonds. The van der Waals surface area contributed by atoms with Crippen LogP contribution in [0.1, 0.15) is 32.6 Å². The fourth-order valence-corrected chi connectivity index (χ4v) is 2.35. The van der Waals surface area contributed by atoms with E-state index in [-0.39, 0.29) is 5.41 Å². The van der Waals surface area contributed by atoms with Gasteiger partial charge in [0.15, 0.2) is 0 Å². The average molecular weight is 212 g/mol. The molecule has 1 aliphatic heterocycles. The second kappa shape index (κ2) is 3.78. The van der Waals surface area contributed by atoms with E-state index in [4.69, 9.17) is 18.0 Å². The lowest BCUT2D eigenvalue weighted by atomic mass is 9.80. The maximum Gasteiger partial charge on any atom is 0.0788 e. The topological polar surface area (TPSA) is 29.3 Å². The Morgan fingerprint density at radius 1 is 1.43 bits per heavy atom. The van der Waals surface area contributed by atoms with Crippen LogP contribution >= 0.6 is 12.2 Å². The highest BCUT2D eigenvalue weighted by Crippen LogP contribution is 2.34. The summed E-state index contributed by atoms with van der Waals surface area (Å²) in [7, 11) is 0. The summed E-state index contributed by atoms with van der Waals surface area (Å²) < 4.78 is 0.